The lowest BCUT2D eigenvalue weighted by Gasteiger charge is -2.09. The van der Waals surface area contributed by atoms with Gasteiger partial charge in [-0.2, -0.15) is 0 Å². The van der Waals surface area contributed by atoms with E-state index in [4.69, 9.17) is 10.8 Å². The van der Waals surface area contributed by atoms with Gasteiger partial charge in [0.25, 0.3) is 5.91 Å². The van der Waals surface area contributed by atoms with E-state index in [9.17, 15) is 14.3 Å². The fourth-order valence-electron chi connectivity index (χ4n) is 2.34. The van der Waals surface area contributed by atoms with Crippen LogP contribution in [0.4, 0.5) is 15.2 Å². The molecule has 5 N–H and O–H groups in total. The number of aromatic nitrogens is 1. The van der Waals surface area contributed by atoms with Gasteiger partial charge in [0.2, 0.25) is 0 Å². The van der Waals surface area contributed by atoms with Crippen LogP contribution < -0.4 is 11.1 Å². The lowest BCUT2D eigenvalue weighted by molar-refractivity contribution is 0.0924. The minimum Gasteiger partial charge on any atom is -0.393 e. The first-order valence-electron chi connectivity index (χ1n) is 7.70. The topological polar surface area (TPSA) is 108 Å². The van der Waals surface area contributed by atoms with E-state index in [-0.39, 0.29) is 11.4 Å². The molecule has 8 heteroatoms. The van der Waals surface area contributed by atoms with Crippen molar-refractivity contribution >= 4 is 28.1 Å². The molecule has 0 aliphatic heterocycles. The Kier molecular flexibility index (Phi) is 5.27. The second-order valence-corrected chi connectivity index (χ2v) is 6.55. The highest BCUT2D eigenvalue weighted by molar-refractivity contribution is 7.19. The first-order valence-corrected chi connectivity index (χ1v) is 8.52. The Hall–Kier alpha value is -2.81. The van der Waals surface area contributed by atoms with Gasteiger partial charge < -0.3 is 21.3 Å². The maximum Gasteiger partial charge on any atom is 0.251 e. The summed E-state index contributed by atoms with van der Waals surface area (Å²) in [4.78, 5) is 16.7. The van der Waals surface area contributed by atoms with Gasteiger partial charge >= 0.3 is 0 Å². The zero-order chi connectivity index (χ0) is 18.7. The summed E-state index contributed by atoms with van der Waals surface area (Å²) in [6, 6.07) is 12.5. The number of primary amides is 1. The number of carbonyl (C=O) groups is 1. The van der Waals surface area contributed by atoms with Crippen LogP contribution in [0.25, 0.3) is 10.4 Å². The number of hydrogen-bond donors (Lipinski definition) is 4. The molecule has 1 amide bonds. The molecule has 2 aromatic heterocycles. The zero-order valence-electron chi connectivity index (χ0n) is 13.5. The van der Waals surface area contributed by atoms with Gasteiger partial charge in [0.15, 0.2) is 0 Å². The number of amides is 1. The molecule has 3 aromatic rings. The molecule has 6 nitrogen and oxygen atoms in total. The van der Waals surface area contributed by atoms with Gasteiger partial charge in [-0.15, -0.1) is 11.3 Å². The molecule has 3 rings (SSSR count). The van der Waals surface area contributed by atoms with Crippen LogP contribution in [0.2, 0.25) is 0 Å². The Labute approximate surface area is 152 Å². The molecule has 0 spiro atoms. The molecule has 26 heavy (non-hydrogen) atoms. The quantitative estimate of drug-likeness (QED) is 0.531. The molecule has 134 valence electrons. The van der Waals surface area contributed by atoms with E-state index in [1.807, 2.05) is 0 Å². The molecule has 0 aliphatic rings. The predicted octanol–water partition coefficient (Wildman–Crippen LogP) is 2.82. The third-order valence-corrected chi connectivity index (χ3v) is 4.75. The molecule has 0 aliphatic carbocycles. The first-order chi connectivity index (χ1) is 12.5. The highest BCUT2D eigenvalue weighted by Crippen LogP contribution is 2.36. The lowest BCUT2D eigenvalue weighted by Crippen LogP contribution is -2.12. The highest BCUT2D eigenvalue weighted by atomic mass is 32.1. The fourth-order valence-corrected chi connectivity index (χ4v) is 3.42. The summed E-state index contributed by atoms with van der Waals surface area (Å²) < 4.78 is 13.1. The first kappa shape index (κ1) is 18.0. The Morgan fingerprint density at radius 3 is 2.65 bits per heavy atom. The number of aliphatic hydroxyl groups excluding tert-OH is 2. The number of nitrogens with zero attached hydrogens (tertiary/aromatic N) is 1. The average molecular weight is 373 g/mol. The van der Waals surface area contributed by atoms with Crippen LogP contribution >= 0.6 is 11.3 Å². The molecule has 0 radical (unpaired) electrons. The van der Waals surface area contributed by atoms with Crippen molar-refractivity contribution in [2.75, 3.05) is 11.9 Å². The Balaban J connectivity index is 1.94. The average Bonchev–Trinajstić information content (AvgIpc) is 3.06. The van der Waals surface area contributed by atoms with Gasteiger partial charge in [0.05, 0.1) is 17.9 Å². The van der Waals surface area contributed by atoms with Crippen LogP contribution in [0.15, 0.2) is 48.5 Å². The molecule has 0 saturated heterocycles. The predicted molar refractivity (Wildman–Crippen MR) is 97.8 cm³/mol. The molecule has 1 atom stereocenters. The Morgan fingerprint density at radius 2 is 2.00 bits per heavy atom. The number of halogens is 1. The molecule has 0 fully saturated rings. The third-order valence-electron chi connectivity index (χ3n) is 3.65. The van der Waals surface area contributed by atoms with Crippen molar-refractivity contribution in [1.82, 2.24) is 4.98 Å². The Morgan fingerprint density at radius 1 is 1.27 bits per heavy atom. The van der Waals surface area contributed by atoms with Crippen LogP contribution in [0.3, 0.4) is 0 Å². The largest absolute Gasteiger partial charge is 0.393 e. The van der Waals surface area contributed by atoms with E-state index < -0.39 is 18.6 Å². The molecule has 1 aromatic carbocycles. The molecular formula is C18H16FN3O3S. The SMILES string of the molecule is NC(=O)c1cc(-c2ccc(F)cc2)sc1Nc1cccc([C@@H](O)CO)n1. The zero-order valence-corrected chi connectivity index (χ0v) is 14.3. The second-order valence-electron chi connectivity index (χ2n) is 5.50. The number of hydrogen-bond acceptors (Lipinski definition) is 6. The maximum absolute atomic E-state index is 13.1. The van der Waals surface area contributed by atoms with Gasteiger partial charge in [-0.05, 0) is 35.9 Å². The van der Waals surface area contributed by atoms with Gasteiger partial charge in [0, 0.05) is 4.88 Å². The number of aliphatic hydroxyl groups is 2. The lowest BCUT2D eigenvalue weighted by atomic mass is 10.1. The summed E-state index contributed by atoms with van der Waals surface area (Å²) in [7, 11) is 0. The second kappa shape index (κ2) is 7.61. The monoisotopic (exact) mass is 373 g/mol. The molecule has 2 heterocycles. The number of pyridine rings is 1. The number of carbonyl (C=O) groups excluding carboxylic acids is 1. The summed E-state index contributed by atoms with van der Waals surface area (Å²) in [6.45, 7) is -0.448. The summed E-state index contributed by atoms with van der Waals surface area (Å²) in [5.41, 5.74) is 6.79. The van der Waals surface area contributed by atoms with Gasteiger partial charge in [0.1, 0.15) is 22.7 Å². The van der Waals surface area contributed by atoms with E-state index in [0.717, 1.165) is 10.4 Å². The normalized spacial score (nSPS) is 12.0. The van der Waals surface area contributed by atoms with Crippen LogP contribution in [0, 0.1) is 5.82 Å². The van der Waals surface area contributed by atoms with Crippen molar-refractivity contribution in [2.45, 2.75) is 6.10 Å². The van der Waals surface area contributed by atoms with Crippen LogP contribution in [-0.2, 0) is 0 Å². The highest BCUT2D eigenvalue weighted by Gasteiger charge is 2.16. The summed E-state index contributed by atoms with van der Waals surface area (Å²) in [5, 5.41) is 22.2. The number of rotatable bonds is 6. The van der Waals surface area contributed by atoms with Gasteiger partial charge in [-0.25, -0.2) is 9.37 Å². The van der Waals surface area contributed by atoms with Crippen molar-refractivity contribution in [3.8, 4) is 10.4 Å². The van der Waals surface area contributed by atoms with Gasteiger partial charge in [-0.3, -0.25) is 4.79 Å². The number of benzene rings is 1. The number of anilines is 2. The van der Waals surface area contributed by atoms with E-state index in [1.165, 1.54) is 23.5 Å². The van der Waals surface area contributed by atoms with E-state index in [0.29, 0.717) is 16.5 Å². The molecule has 0 bridgehead atoms. The minimum absolute atomic E-state index is 0.282. The van der Waals surface area contributed by atoms with Gasteiger partial charge in [-0.1, -0.05) is 18.2 Å². The van der Waals surface area contributed by atoms with Crippen molar-refractivity contribution in [2.24, 2.45) is 5.73 Å². The summed E-state index contributed by atoms with van der Waals surface area (Å²) >= 11 is 1.28. The van der Waals surface area contributed by atoms with Crippen molar-refractivity contribution < 1.29 is 19.4 Å². The van der Waals surface area contributed by atoms with E-state index >= 15 is 0 Å². The van der Waals surface area contributed by atoms with Crippen LogP contribution in [0.5, 0.6) is 0 Å². The smallest absolute Gasteiger partial charge is 0.251 e. The fraction of sp³-hybridized carbons (Fsp3) is 0.111. The van der Waals surface area contributed by atoms with Crippen LogP contribution in [0.1, 0.15) is 22.2 Å². The number of thiophene rings is 1. The van der Waals surface area contributed by atoms with Crippen LogP contribution in [-0.4, -0.2) is 27.7 Å². The van der Waals surface area contributed by atoms with E-state index in [1.54, 1.807) is 36.4 Å². The van der Waals surface area contributed by atoms with Crippen molar-refractivity contribution in [1.29, 1.82) is 0 Å². The summed E-state index contributed by atoms with van der Waals surface area (Å²) in [5.74, 6) is -0.559. The number of nitrogens with two attached hydrogens (primary N) is 1. The molecular weight excluding hydrogens is 357 g/mol. The summed E-state index contributed by atoms with van der Waals surface area (Å²) in [6.07, 6.45) is -1.09. The standard InChI is InChI=1S/C18H16FN3O3S/c19-11-6-4-10(5-7-11)15-8-12(17(20)25)18(26-15)22-16-3-1-2-13(21-16)14(24)9-23/h1-8,14,23-24H,9H2,(H2,20,25)(H,21,22)/t14-/m0/s1. The Bertz CT molecular complexity index is 928. The van der Waals surface area contributed by atoms with E-state index in [2.05, 4.69) is 10.3 Å². The van der Waals surface area contributed by atoms with Crippen molar-refractivity contribution in [3.05, 3.63) is 65.6 Å². The number of nitrogens with one attached hydrogen (secondary N) is 1. The maximum atomic E-state index is 13.1. The third kappa shape index (κ3) is 3.88. The molecule has 0 saturated carbocycles. The minimum atomic E-state index is -1.09. The molecule has 0 unspecified atom stereocenters. The van der Waals surface area contributed by atoms with Crippen molar-refractivity contribution in [3.63, 3.8) is 0 Å².